The predicted octanol–water partition coefficient (Wildman–Crippen LogP) is 2.38. The third-order valence-electron chi connectivity index (χ3n) is 3.81. The monoisotopic (exact) mass is 294 g/mol. The van der Waals surface area contributed by atoms with Crippen LogP contribution < -0.4 is 0 Å². The highest BCUT2D eigenvalue weighted by Gasteiger charge is 2.20. The van der Waals surface area contributed by atoms with Gasteiger partial charge in [0.1, 0.15) is 11.3 Å². The summed E-state index contributed by atoms with van der Waals surface area (Å²) in [6, 6.07) is 3.95. The molecule has 1 aliphatic rings. The van der Waals surface area contributed by atoms with Gasteiger partial charge in [-0.15, -0.1) is 0 Å². The molecule has 1 fully saturated rings. The molecule has 112 valence electrons. The molecule has 0 aliphatic carbocycles. The maximum absolute atomic E-state index is 13.2. The molecule has 3 rings (SSSR count). The molecule has 0 saturated carbocycles. The Morgan fingerprint density at radius 1 is 1.14 bits per heavy atom. The summed E-state index contributed by atoms with van der Waals surface area (Å²) in [6.45, 7) is 5.05. The highest BCUT2D eigenvalue weighted by atomic mass is 19.2. The zero-order chi connectivity index (χ0) is 15.0. The summed E-state index contributed by atoms with van der Waals surface area (Å²) < 4.78 is 31.9. The Morgan fingerprint density at radius 2 is 1.81 bits per heavy atom. The largest absolute Gasteiger partial charge is 0.460 e. The molecule has 0 atom stereocenters. The second-order valence-electron chi connectivity index (χ2n) is 5.30. The van der Waals surface area contributed by atoms with Crippen LogP contribution in [0.4, 0.5) is 8.78 Å². The number of piperazine rings is 1. The number of hydrogen-bond acceptors (Lipinski definition) is 3. The smallest absolute Gasteiger partial charge is 0.219 e. The summed E-state index contributed by atoms with van der Waals surface area (Å²) in [5.74, 6) is -1.01. The number of carbonyl (C=O) groups is 1. The van der Waals surface area contributed by atoms with Crippen LogP contribution in [-0.4, -0.2) is 41.9 Å². The van der Waals surface area contributed by atoms with Crippen LogP contribution in [0, 0.1) is 11.6 Å². The number of carbonyl (C=O) groups excluding carboxylic acids is 1. The van der Waals surface area contributed by atoms with Gasteiger partial charge in [0, 0.05) is 44.6 Å². The molecular weight excluding hydrogens is 278 g/mol. The van der Waals surface area contributed by atoms with E-state index in [1.807, 2.05) is 0 Å². The van der Waals surface area contributed by atoms with Crippen LogP contribution in [0.1, 0.15) is 12.7 Å². The zero-order valence-electron chi connectivity index (χ0n) is 11.7. The van der Waals surface area contributed by atoms with Crippen LogP contribution in [0.15, 0.2) is 22.6 Å². The van der Waals surface area contributed by atoms with E-state index >= 15 is 0 Å². The second-order valence-corrected chi connectivity index (χ2v) is 5.30. The van der Waals surface area contributed by atoms with Gasteiger partial charge in [-0.3, -0.25) is 9.69 Å². The highest BCUT2D eigenvalue weighted by Crippen LogP contribution is 2.23. The number of amides is 1. The lowest BCUT2D eigenvalue weighted by Gasteiger charge is -2.33. The molecule has 2 heterocycles. The fraction of sp³-hybridized carbons (Fsp3) is 0.400. The van der Waals surface area contributed by atoms with Crippen molar-refractivity contribution in [3.63, 3.8) is 0 Å². The third-order valence-corrected chi connectivity index (χ3v) is 3.81. The Hall–Kier alpha value is -1.95. The van der Waals surface area contributed by atoms with Crippen LogP contribution >= 0.6 is 0 Å². The molecular formula is C15H16F2N2O2. The van der Waals surface area contributed by atoms with Gasteiger partial charge < -0.3 is 9.32 Å². The molecule has 0 radical (unpaired) electrons. The summed E-state index contributed by atoms with van der Waals surface area (Å²) >= 11 is 0. The van der Waals surface area contributed by atoms with Crippen molar-refractivity contribution < 1.29 is 18.0 Å². The van der Waals surface area contributed by atoms with Gasteiger partial charge in [-0.25, -0.2) is 8.78 Å². The molecule has 1 saturated heterocycles. The molecule has 1 aromatic carbocycles. The topological polar surface area (TPSA) is 36.7 Å². The number of benzene rings is 1. The summed E-state index contributed by atoms with van der Waals surface area (Å²) in [4.78, 5) is 15.2. The first-order valence-corrected chi connectivity index (χ1v) is 6.88. The van der Waals surface area contributed by atoms with E-state index in [0.717, 1.165) is 25.2 Å². The van der Waals surface area contributed by atoms with E-state index in [2.05, 4.69) is 4.90 Å². The molecule has 0 spiro atoms. The van der Waals surface area contributed by atoms with Gasteiger partial charge in [0.2, 0.25) is 5.91 Å². The zero-order valence-corrected chi connectivity index (χ0v) is 11.7. The Labute approximate surface area is 120 Å². The molecule has 4 nitrogen and oxygen atoms in total. The second kappa shape index (κ2) is 5.44. The van der Waals surface area contributed by atoms with E-state index in [-0.39, 0.29) is 5.91 Å². The maximum atomic E-state index is 13.2. The molecule has 0 N–H and O–H groups in total. The lowest BCUT2D eigenvalue weighted by Crippen LogP contribution is -2.47. The Balaban J connectivity index is 1.70. The van der Waals surface area contributed by atoms with Gasteiger partial charge in [0.25, 0.3) is 0 Å². The summed E-state index contributed by atoms with van der Waals surface area (Å²) in [5.41, 5.74) is 0.353. The van der Waals surface area contributed by atoms with Crippen molar-refractivity contribution in [1.82, 2.24) is 9.80 Å². The van der Waals surface area contributed by atoms with E-state index in [9.17, 15) is 13.6 Å². The number of fused-ring (bicyclic) bond motifs is 1. The minimum atomic E-state index is -0.904. The molecule has 0 bridgehead atoms. The first-order valence-electron chi connectivity index (χ1n) is 6.88. The van der Waals surface area contributed by atoms with Gasteiger partial charge in [0.05, 0.1) is 6.54 Å². The predicted molar refractivity (Wildman–Crippen MR) is 73.7 cm³/mol. The lowest BCUT2D eigenvalue weighted by atomic mass is 10.2. The van der Waals surface area contributed by atoms with Crippen molar-refractivity contribution in [2.24, 2.45) is 0 Å². The molecule has 2 aromatic rings. The average Bonchev–Trinajstić information content (AvgIpc) is 2.81. The van der Waals surface area contributed by atoms with Crippen molar-refractivity contribution >= 4 is 16.9 Å². The Bertz CT molecular complexity index is 637. The Kier molecular flexibility index (Phi) is 3.63. The van der Waals surface area contributed by atoms with Crippen molar-refractivity contribution in [2.75, 3.05) is 26.2 Å². The van der Waals surface area contributed by atoms with Gasteiger partial charge in [0.15, 0.2) is 11.6 Å². The SMILES string of the molecule is CC(=O)N1CCN(Cc2cc3cc(F)c(F)cc3o2)CC1. The number of rotatable bonds is 2. The minimum Gasteiger partial charge on any atom is -0.460 e. The fourth-order valence-electron chi connectivity index (χ4n) is 2.61. The van der Waals surface area contributed by atoms with E-state index < -0.39 is 11.6 Å². The van der Waals surface area contributed by atoms with Crippen LogP contribution in [0.25, 0.3) is 11.0 Å². The quantitative estimate of drug-likeness (QED) is 0.853. The molecule has 1 aliphatic heterocycles. The maximum Gasteiger partial charge on any atom is 0.219 e. The van der Waals surface area contributed by atoms with Gasteiger partial charge in [-0.1, -0.05) is 0 Å². The highest BCUT2D eigenvalue weighted by molar-refractivity contribution is 5.78. The fourth-order valence-corrected chi connectivity index (χ4v) is 2.61. The van der Waals surface area contributed by atoms with Gasteiger partial charge in [-0.05, 0) is 12.1 Å². The number of furan rings is 1. The van der Waals surface area contributed by atoms with Crippen LogP contribution in [-0.2, 0) is 11.3 Å². The van der Waals surface area contributed by atoms with Crippen molar-refractivity contribution in [1.29, 1.82) is 0 Å². The molecule has 6 heteroatoms. The molecule has 21 heavy (non-hydrogen) atoms. The van der Waals surface area contributed by atoms with E-state index in [4.69, 9.17) is 4.42 Å². The minimum absolute atomic E-state index is 0.0873. The van der Waals surface area contributed by atoms with E-state index in [0.29, 0.717) is 36.4 Å². The van der Waals surface area contributed by atoms with Gasteiger partial charge in [-0.2, -0.15) is 0 Å². The van der Waals surface area contributed by atoms with Crippen molar-refractivity contribution in [2.45, 2.75) is 13.5 Å². The molecule has 0 unspecified atom stereocenters. The van der Waals surface area contributed by atoms with Crippen LogP contribution in [0.5, 0.6) is 0 Å². The third kappa shape index (κ3) is 2.90. The normalized spacial score (nSPS) is 16.6. The van der Waals surface area contributed by atoms with Crippen molar-refractivity contribution in [3.8, 4) is 0 Å². The standard InChI is InChI=1S/C15H16F2N2O2/c1-10(20)19-4-2-18(3-5-19)9-12-6-11-7-13(16)14(17)8-15(11)21-12/h6-8H,2-5,9H2,1H3. The Morgan fingerprint density at radius 3 is 2.48 bits per heavy atom. The van der Waals surface area contributed by atoms with E-state index in [1.165, 1.54) is 0 Å². The summed E-state index contributed by atoms with van der Waals surface area (Å²) in [6.07, 6.45) is 0. The van der Waals surface area contributed by atoms with E-state index in [1.54, 1.807) is 17.9 Å². The first-order chi connectivity index (χ1) is 10.0. The number of hydrogen-bond donors (Lipinski definition) is 0. The van der Waals surface area contributed by atoms with Crippen molar-refractivity contribution in [3.05, 3.63) is 35.6 Å². The van der Waals surface area contributed by atoms with Gasteiger partial charge >= 0.3 is 0 Å². The lowest BCUT2D eigenvalue weighted by molar-refractivity contribution is -0.130. The number of nitrogens with zero attached hydrogens (tertiary/aromatic N) is 2. The molecule has 1 aromatic heterocycles. The average molecular weight is 294 g/mol. The first kappa shape index (κ1) is 14.0. The number of halogens is 2. The summed E-state index contributed by atoms with van der Waals surface area (Å²) in [5, 5.41) is 0.561. The molecule has 1 amide bonds. The van der Waals surface area contributed by atoms with Crippen LogP contribution in [0.3, 0.4) is 0 Å². The van der Waals surface area contributed by atoms with Crippen LogP contribution in [0.2, 0.25) is 0 Å². The summed E-state index contributed by atoms with van der Waals surface area (Å²) in [7, 11) is 0.